The van der Waals surface area contributed by atoms with Crippen LogP contribution in [0.2, 0.25) is 0 Å². The fourth-order valence-electron chi connectivity index (χ4n) is 4.38. The zero-order chi connectivity index (χ0) is 15.1. The highest BCUT2D eigenvalue weighted by Crippen LogP contribution is 2.65. The van der Waals surface area contributed by atoms with Crippen molar-refractivity contribution < 1.29 is 9.59 Å². The molecule has 20 heavy (non-hydrogen) atoms. The van der Waals surface area contributed by atoms with Crippen molar-refractivity contribution in [1.82, 2.24) is 0 Å². The molecule has 108 valence electrons. The van der Waals surface area contributed by atoms with Gasteiger partial charge in [0, 0.05) is 5.92 Å². The van der Waals surface area contributed by atoms with Crippen LogP contribution < -0.4 is 0 Å². The lowest BCUT2D eigenvalue weighted by molar-refractivity contribution is -0.158. The van der Waals surface area contributed by atoms with E-state index in [4.69, 9.17) is 0 Å². The Hall–Kier alpha value is -1.18. The van der Waals surface area contributed by atoms with E-state index in [0.29, 0.717) is 0 Å². The molecule has 0 spiro atoms. The summed E-state index contributed by atoms with van der Waals surface area (Å²) >= 11 is 0. The summed E-state index contributed by atoms with van der Waals surface area (Å²) in [6.45, 7) is 12.7. The molecule has 0 N–H and O–H groups in total. The molecule has 4 atom stereocenters. The van der Waals surface area contributed by atoms with Gasteiger partial charge >= 0.3 is 0 Å². The van der Waals surface area contributed by atoms with Crippen LogP contribution >= 0.6 is 0 Å². The molecule has 0 aromatic carbocycles. The van der Waals surface area contributed by atoms with Crippen molar-refractivity contribution in [2.75, 3.05) is 0 Å². The van der Waals surface area contributed by atoms with Gasteiger partial charge in [0.15, 0.2) is 0 Å². The van der Waals surface area contributed by atoms with Crippen LogP contribution in [0.3, 0.4) is 0 Å². The maximum atomic E-state index is 12.8. The predicted molar refractivity (Wildman–Crippen MR) is 79.1 cm³/mol. The van der Waals surface area contributed by atoms with Crippen molar-refractivity contribution in [2.45, 2.75) is 41.5 Å². The van der Waals surface area contributed by atoms with E-state index in [1.54, 1.807) is 0 Å². The molecule has 0 aromatic rings. The van der Waals surface area contributed by atoms with E-state index < -0.39 is 5.41 Å². The zero-order valence-corrected chi connectivity index (χ0v) is 13.3. The lowest BCUT2D eigenvalue weighted by atomic mass is 9.40. The molecule has 2 nitrogen and oxygen atoms in total. The first-order valence-electron chi connectivity index (χ1n) is 7.52. The second-order valence-corrected chi connectivity index (χ2v) is 8.63. The van der Waals surface area contributed by atoms with Gasteiger partial charge in [0.25, 0.3) is 0 Å². The molecule has 1 saturated carbocycles. The first-order chi connectivity index (χ1) is 9.02. The quantitative estimate of drug-likeness (QED) is 0.499. The number of allylic oxidation sites excluding steroid dienone is 4. The van der Waals surface area contributed by atoms with Gasteiger partial charge in [-0.1, -0.05) is 65.3 Å². The number of hydrogen-bond donors (Lipinski definition) is 0. The van der Waals surface area contributed by atoms with Crippen LogP contribution in [0.25, 0.3) is 0 Å². The molecule has 2 heteroatoms. The van der Waals surface area contributed by atoms with Gasteiger partial charge in [0.1, 0.15) is 0 Å². The summed E-state index contributed by atoms with van der Waals surface area (Å²) in [6, 6.07) is 0. The van der Waals surface area contributed by atoms with Crippen molar-refractivity contribution in [1.29, 1.82) is 0 Å². The van der Waals surface area contributed by atoms with Gasteiger partial charge in [-0.2, -0.15) is 0 Å². The monoisotopic (exact) mass is 272 g/mol. The molecular formula is C18H24O2. The standard InChI is InChI=1S/C18H24O2/c1-16(2,3)12-9-18(17(4,5)6)11-8-7-10(11)13(12)14(19)15(18)20/h7-11,13H,1-6H3/t10-,11-,13-,18-/m0/s1. The van der Waals surface area contributed by atoms with E-state index in [1.807, 2.05) is 0 Å². The average Bonchev–Trinajstić information content (AvgIpc) is 2.22. The van der Waals surface area contributed by atoms with Gasteiger partial charge in [-0.25, -0.2) is 0 Å². The molecule has 0 unspecified atom stereocenters. The number of rotatable bonds is 0. The highest BCUT2D eigenvalue weighted by atomic mass is 16.2. The number of hydrogen-bond acceptors (Lipinski definition) is 2. The van der Waals surface area contributed by atoms with E-state index in [9.17, 15) is 9.59 Å². The number of Topliss-reactive ketones (excluding diaryl/α,β-unsaturated/α-hetero) is 2. The average molecular weight is 272 g/mol. The van der Waals surface area contributed by atoms with Gasteiger partial charge in [0.2, 0.25) is 11.6 Å². The summed E-state index contributed by atoms with van der Waals surface area (Å²) in [5, 5.41) is 0. The van der Waals surface area contributed by atoms with Gasteiger partial charge in [-0.3, -0.25) is 9.59 Å². The highest BCUT2D eigenvalue weighted by Gasteiger charge is 2.67. The van der Waals surface area contributed by atoms with Crippen molar-refractivity contribution >= 4 is 11.6 Å². The van der Waals surface area contributed by atoms with Crippen molar-refractivity contribution in [3.05, 3.63) is 23.8 Å². The molecule has 4 aliphatic carbocycles. The number of carbonyl (C=O) groups is 2. The Balaban J connectivity index is 2.30. The molecule has 4 aliphatic rings. The molecule has 0 amide bonds. The maximum absolute atomic E-state index is 12.8. The van der Waals surface area contributed by atoms with Gasteiger partial charge < -0.3 is 0 Å². The third-order valence-corrected chi connectivity index (χ3v) is 5.57. The SMILES string of the molecule is CC(C)(C)C1=C[C@@]2(C(C)(C)C)C(=O)C(=O)[C@H]1[C@H]1C=C[C@@H]12. The van der Waals surface area contributed by atoms with Crippen molar-refractivity contribution in [3.8, 4) is 0 Å². The van der Waals surface area contributed by atoms with Crippen LogP contribution in [0.4, 0.5) is 0 Å². The number of ketones is 2. The Labute approximate surface area is 121 Å². The van der Waals surface area contributed by atoms with Crippen LogP contribution in [0.5, 0.6) is 0 Å². The predicted octanol–water partition coefficient (Wildman–Crippen LogP) is 3.58. The third kappa shape index (κ3) is 1.35. The molecule has 4 rings (SSSR count). The molecule has 0 aliphatic heterocycles. The van der Waals surface area contributed by atoms with Crippen LogP contribution in [0, 0.1) is 34.0 Å². The van der Waals surface area contributed by atoms with E-state index in [0.717, 1.165) is 0 Å². The van der Waals surface area contributed by atoms with E-state index >= 15 is 0 Å². The molecule has 0 aromatic heterocycles. The molecule has 1 fully saturated rings. The minimum absolute atomic E-state index is 0.0636. The van der Waals surface area contributed by atoms with Crippen LogP contribution in [-0.4, -0.2) is 11.6 Å². The van der Waals surface area contributed by atoms with E-state index in [-0.39, 0.29) is 40.2 Å². The smallest absolute Gasteiger partial charge is 0.210 e. The minimum atomic E-state index is -0.638. The summed E-state index contributed by atoms with van der Waals surface area (Å²) in [6.07, 6.45) is 6.45. The second-order valence-electron chi connectivity index (χ2n) is 8.63. The molecule has 2 bridgehead atoms. The molecule has 0 heterocycles. The largest absolute Gasteiger partial charge is 0.290 e. The number of carbonyl (C=O) groups excluding carboxylic acids is 2. The maximum Gasteiger partial charge on any atom is 0.210 e. The third-order valence-electron chi connectivity index (χ3n) is 5.57. The summed E-state index contributed by atoms with van der Waals surface area (Å²) in [5.41, 5.74) is 0.227. The fourth-order valence-corrected chi connectivity index (χ4v) is 4.38. The Morgan fingerprint density at radius 1 is 1.00 bits per heavy atom. The first-order valence-corrected chi connectivity index (χ1v) is 7.52. The Bertz CT molecular complexity index is 565. The normalized spacial score (nSPS) is 39.5. The summed E-state index contributed by atoms with van der Waals surface area (Å²) < 4.78 is 0. The fraction of sp³-hybridized carbons (Fsp3) is 0.667. The van der Waals surface area contributed by atoms with Gasteiger partial charge in [0.05, 0.1) is 11.3 Å². The Morgan fingerprint density at radius 3 is 2.00 bits per heavy atom. The first kappa shape index (κ1) is 13.8. The van der Waals surface area contributed by atoms with Crippen molar-refractivity contribution in [3.63, 3.8) is 0 Å². The lowest BCUT2D eigenvalue weighted by Gasteiger charge is -2.61. The van der Waals surface area contributed by atoms with E-state index in [2.05, 4.69) is 59.8 Å². The Kier molecular flexibility index (Phi) is 2.43. The summed E-state index contributed by atoms with van der Waals surface area (Å²) in [7, 11) is 0. The molecule has 0 radical (unpaired) electrons. The minimum Gasteiger partial charge on any atom is -0.290 e. The van der Waals surface area contributed by atoms with Crippen LogP contribution in [-0.2, 0) is 9.59 Å². The number of fused-ring (bicyclic) bond motifs is 1. The van der Waals surface area contributed by atoms with Gasteiger partial charge in [-0.05, 0) is 16.7 Å². The lowest BCUT2D eigenvalue weighted by Crippen LogP contribution is -2.65. The second kappa shape index (κ2) is 3.52. The van der Waals surface area contributed by atoms with Crippen LogP contribution in [0.1, 0.15) is 41.5 Å². The van der Waals surface area contributed by atoms with Gasteiger partial charge in [-0.15, -0.1) is 0 Å². The molecule has 0 saturated heterocycles. The van der Waals surface area contributed by atoms with Crippen LogP contribution in [0.15, 0.2) is 23.8 Å². The Morgan fingerprint density at radius 2 is 1.60 bits per heavy atom. The molecular weight excluding hydrogens is 248 g/mol. The van der Waals surface area contributed by atoms with E-state index in [1.165, 1.54) is 5.57 Å². The highest BCUT2D eigenvalue weighted by molar-refractivity contribution is 6.43. The summed E-state index contributed by atoms with van der Waals surface area (Å²) in [5.74, 6) is -0.0734. The summed E-state index contributed by atoms with van der Waals surface area (Å²) in [4.78, 5) is 25.5. The zero-order valence-electron chi connectivity index (χ0n) is 13.3. The topological polar surface area (TPSA) is 34.1 Å². The van der Waals surface area contributed by atoms with Crippen molar-refractivity contribution in [2.24, 2.45) is 34.0 Å².